The fourth-order valence-electron chi connectivity index (χ4n) is 5.77. The number of rotatable bonds is 10. The van der Waals surface area contributed by atoms with Crippen LogP contribution in [0.4, 0.5) is 0 Å². The van der Waals surface area contributed by atoms with Crippen molar-refractivity contribution in [3.63, 3.8) is 0 Å². The maximum atomic E-state index is 13.7. The number of hydrogen-bond acceptors (Lipinski definition) is 10. The Balaban J connectivity index is 1.30. The molecule has 1 fully saturated rings. The molecule has 2 heterocycles. The number of hydrogen-bond donors (Lipinski definition) is 7. The quantitative estimate of drug-likeness (QED) is 0.0924. The van der Waals surface area contributed by atoms with Gasteiger partial charge in [0.1, 0.15) is 18.0 Å². The monoisotopic (exact) mass is 603 g/mol. The molecule has 44 heavy (non-hydrogen) atoms. The number of aromatic hydroxyl groups is 1. The highest BCUT2D eigenvalue weighted by Gasteiger charge is 2.57. The second-order valence-electron chi connectivity index (χ2n) is 11.1. The van der Waals surface area contributed by atoms with Gasteiger partial charge in [-0.05, 0) is 63.9 Å². The molecule has 0 bridgehead atoms. The summed E-state index contributed by atoms with van der Waals surface area (Å²) in [5.41, 5.74) is 1.66. The Labute approximate surface area is 251 Å². The minimum Gasteiger partial charge on any atom is -0.508 e. The summed E-state index contributed by atoms with van der Waals surface area (Å²) in [5, 5.41) is 65.2. The van der Waals surface area contributed by atoms with Crippen molar-refractivity contribution in [2.24, 2.45) is 5.92 Å². The molecule has 0 radical (unpaired) electrons. The Kier molecular flexibility index (Phi) is 8.27. The van der Waals surface area contributed by atoms with E-state index in [2.05, 4.69) is 4.98 Å². The normalized spacial score (nSPS) is 22.6. The molecule has 1 saturated heterocycles. The van der Waals surface area contributed by atoms with Crippen LogP contribution in [0, 0.1) is 5.92 Å². The number of esters is 1. The lowest BCUT2D eigenvalue weighted by Gasteiger charge is -2.25. The van der Waals surface area contributed by atoms with Gasteiger partial charge in [-0.3, -0.25) is 0 Å². The number of ether oxygens (including phenoxy) is 3. The lowest BCUT2D eigenvalue weighted by atomic mass is 10.00. The van der Waals surface area contributed by atoms with Gasteiger partial charge < -0.3 is 49.8 Å². The number of aromatic amines is 1. The number of nitrogens with one attached hydrogen (secondary N) is 1. The van der Waals surface area contributed by atoms with E-state index in [-0.39, 0.29) is 30.4 Å². The van der Waals surface area contributed by atoms with E-state index in [1.807, 2.05) is 48.5 Å². The van der Waals surface area contributed by atoms with Crippen LogP contribution in [0.3, 0.4) is 0 Å². The van der Waals surface area contributed by atoms with E-state index < -0.39 is 49.2 Å². The molecule has 5 atom stereocenters. The Bertz CT molecular complexity index is 1800. The van der Waals surface area contributed by atoms with Crippen molar-refractivity contribution in [3.05, 3.63) is 84.1 Å². The summed E-state index contributed by atoms with van der Waals surface area (Å²) >= 11 is 0. The van der Waals surface area contributed by atoms with E-state index in [9.17, 15) is 35.4 Å². The molecule has 0 saturated carbocycles. The van der Waals surface area contributed by atoms with Crippen LogP contribution in [0.1, 0.15) is 11.3 Å². The van der Waals surface area contributed by atoms with Crippen LogP contribution in [0.25, 0.3) is 32.4 Å². The number of phenols is 1. The van der Waals surface area contributed by atoms with E-state index in [0.29, 0.717) is 17.3 Å². The lowest BCUT2D eigenvalue weighted by molar-refractivity contribution is -0.246. The van der Waals surface area contributed by atoms with Crippen LogP contribution >= 0.6 is 0 Å². The molecule has 4 aromatic carbocycles. The molecule has 7 N–H and O–H groups in total. The summed E-state index contributed by atoms with van der Waals surface area (Å²) in [6.45, 7) is -1.93. The fourth-order valence-corrected chi connectivity index (χ4v) is 5.77. The first kappa shape index (κ1) is 30.0. The van der Waals surface area contributed by atoms with Gasteiger partial charge in [-0.1, -0.05) is 42.5 Å². The summed E-state index contributed by atoms with van der Waals surface area (Å²) in [5.74, 6) is -3.84. The maximum Gasteiger partial charge on any atom is 0.343 e. The molecule has 11 nitrogen and oxygen atoms in total. The molecule has 11 heteroatoms. The summed E-state index contributed by atoms with van der Waals surface area (Å²) in [6.07, 6.45) is -4.60. The first-order chi connectivity index (χ1) is 21.2. The smallest absolute Gasteiger partial charge is 0.343 e. The van der Waals surface area contributed by atoms with Crippen molar-refractivity contribution >= 4 is 38.4 Å². The van der Waals surface area contributed by atoms with E-state index in [4.69, 9.17) is 14.2 Å². The zero-order chi connectivity index (χ0) is 31.0. The Morgan fingerprint density at radius 2 is 1.70 bits per heavy atom. The Morgan fingerprint density at radius 3 is 2.39 bits per heavy atom. The van der Waals surface area contributed by atoms with Gasteiger partial charge in [0.25, 0.3) is 0 Å². The number of H-pyrrole nitrogens is 1. The van der Waals surface area contributed by atoms with Crippen molar-refractivity contribution in [2.75, 3.05) is 19.8 Å². The average Bonchev–Trinajstić information content (AvgIpc) is 3.53. The van der Waals surface area contributed by atoms with Crippen molar-refractivity contribution < 1.29 is 49.6 Å². The van der Waals surface area contributed by atoms with Crippen LogP contribution < -0.4 is 4.74 Å². The summed E-state index contributed by atoms with van der Waals surface area (Å²) in [7, 11) is 0. The molecule has 230 valence electrons. The van der Waals surface area contributed by atoms with Crippen LogP contribution in [-0.2, 0) is 27.3 Å². The van der Waals surface area contributed by atoms with Gasteiger partial charge in [-0.2, -0.15) is 0 Å². The summed E-state index contributed by atoms with van der Waals surface area (Å²) in [4.78, 5) is 16.8. The number of aliphatic hydroxyl groups excluding tert-OH is 4. The fraction of sp³-hybridized carbons (Fsp3) is 0.303. The minimum absolute atomic E-state index is 0.0604. The van der Waals surface area contributed by atoms with Crippen molar-refractivity contribution in [3.8, 4) is 11.5 Å². The average molecular weight is 604 g/mol. The van der Waals surface area contributed by atoms with Crippen molar-refractivity contribution in [2.45, 2.75) is 37.1 Å². The van der Waals surface area contributed by atoms with Gasteiger partial charge in [0.15, 0.2) is 11.9 Å². The van der Waals surface area contributed by atoms with Gasteiger partial charge in [-0.25, -0.2) is 4.79 Å². The van der Waals surface area contributed by atoms with E-state index in [1.54, 1.807) is 12.1 Å². The molecular formula is C33H33NO10. The van der Waals surface area contributed by atoms with E-state index in [1.165, 1.54) is 12.1 Å². The van der Waals surface area contributed by atoms with Crippen molar-refractivity contribution in [1.82, 2.24) is 4.98 Å². The molecule has 5 aromatic rings. The molecule has 6 rings (SSSR count). The standard InChI is InChI=1S/C33H33NO10/c35-14-19(11-18-5-8-23(38)9-6-18)16-42-29-30(44-33(41,17-37)31(29)39)32(40)43-28-26(15-36)34-25-10-7-22-12-20-3-1-2-4-21(20)13-24(22)27(25)28/h1-10,12-13,19,29-31,34-39,41H,11,14-17H2. The molecule has 1 aliphatic heterocycles. The topological polar surface area (TPSA) is 182 Å². The molecule has 0 aliphatic carbocycles. The third-order valence-electron chi connectivity index (χ3n) is 8.14. The zero-order valence-electron chi connectivity index (χ0n) is 23.6. The molecular weight excluding hydrogens is 570 g/mol. The molecule has 1 aliphatic rings. The second kappa shape index (κ2) is 12.1. The number of carbonyl (C=O) groups is 1. The SMILES string of the molecule is O=C(Oc1c(CO)[nH]c2ccc3cc4ccccc4cc3c12)C1OC(O)(CO)C(O)C1OCC(CO)Cc1ccc(O)cc1. The minimum atomic E-state index is -2.51. The number of carbonyl (C=O) groups excluding carboxylic acids is 1. The predicted molar refractivity (Wildman–Crippen MR) is 160 cm³/mol. The lowest BCUT2D eigenvalue weighted by Crippen LogP contribution is -2.47. The number of benzene rings is 4. The van der Waals surface area contributed by atoms with Crippen LogP contribution in [-0.4, -0.2) is 85.5 Å². The number of aliphatic hydroxyl groups is 5. The van der Waals surface area contributed by atoms with Crippen LogP contribution in [0.2, 0.25) is 0 Å². The first-order valence-electron chi connectivity index (χ1n) is 14.2. The summed E-state index contributed by atoms with van der Waals surface area (Å²) < 4.78 is 17.2. The second-order valence-corrected chi connectivity index (χ2v) is 11.1. The molecule has 1 aromatic heterocycles. The molecule has 0 amide bonds. The van der Waals surface area contributed by atoms with Gasteiger partial charge in [0, 0.05) is 12.5 Å². The molecule has 0 spiro atoms. The van der Waals surface area contributed by atoms with Gasteiger partial charge in [-0.15, -0.1) is 0 Å². The van der Waals surface area contributed by atoms with E-state index in [0.717, 1.165) is 27.1 Å². The van der Waals surface area contributed by atoms with Crippen LogP contribution in [0.15, 0.2) is 72.8 Å². The Morgan fingerprint density at radius 1 is 0.977 bits per heavy atom. The highest BCUT2D eigenvalue weighted by atomic mass is 16.7. The molecule has 5 unspecified atom stereocenters. The third kappa shape index (κ3) is 5.51. The van der Waals surface area contributed by atoms with Crippen molar-refractivity contribution in [1.29, 1.82) is 0 Å². The predicted octanol–water partition coefficient (Wildman–Crippen LogP) is 2.25. The van der Waals surface area contributed by atoms with Crippen LogP contribution in [0.5, 0.6) is 11.5 Å². The summed E-state index contributed by atoms with van der Waals surface area (Å²) in [6, 6.07) is 22.0. The highest BCUT2D eigenvalue weighted by molar-refractivity contribution is 6.14. The maximum absolute atomic E-state index is 13.7. The first-order valence-corrected chi connectivity index (χ1v) is 14.2. The highest BCUT2D eigenvalue weighted by Crippen LogP contribution is 2.39. The largest absolute Gasteiger partial charge is 0.508 e. The third-order valence-corrected chi connectivity index (χ3v) is 8.14. The number of aromatic nitrogens is 1. The van der Waals surface area contributed by atoms with Gasteiger partial charge in [0.2, 0.25) is 5.79 Å². The van der Waals surface area contributed by atoms with Gasteiger partial charge in [0.05, 0.1) is 36.4 Å². The Hall–Kier alpha value is -4.07. The van der Waals surface area contributed by atoms with E-state index >= 15 is 0 Å². The van der Waals surface area contributed by atoms with Gasteiger partial charge >= 0.3 is 5.97 Å². The zero-order valence-corrected chi connectivity index (χ0v) is 23.6. The number of phenolic OH excluding ortho intramolecular Hbond substituents is 1. The number of fused-ring (bicyclic) bond motifs is 4.